The summed E-state index contributed by atoms with van der Waals surface area (Å²) in [6, 6.07) is 12.2. The van der Waals surface area contributed by atoms with Gasteiger partial charge in [0.25, 0.3) is 0 Å². The lowest BCUT2D eigenvalue weighted by atomic mass is 10.1. The average molecular weight is 327 g/mol. The van der Waals surface area contributed by atoms with Gasteiger partial charge in [-0.2, -0.15) is 0 Å². The van der Waals surface area contributed by atoms with E-state index in [1.165, 1.54) is 23.5 Å². The van der Waals surface area contributed by atoms with Crippen molar-refractivity contribution in [1.29, 1.82) is 0 Å². The van der Waals surface area contributed by atoms with E-state index < -0.39 is 0 Å². The zero-order chi connectivity index (χ0) is 15.6. The number of ether oxygens (including phenoxy) is 2. The van der Waals surface area contributed by atoms with Crippen LogP contribution in [0.2, 0.25) is 0 Å². The molecule has 1 aliphatic heterocycles. The van der Waals surface area contributed by atoms with Crippen LogP contribution in [0.15, 0.2) is 47.8 Å². The predicted octanol–water partition coefficient (Wildman–Crippen LogP) is 4.78. The summed E-state index contributed by atoms with van der Waals surface area (Å²) in [5.41, 5.74) is 2.78. The minimum Gasteiger partial charge on any atom is -0.490 e. The Morgan fingerprint density at radius 3 is 2.48 bits per heavy atom. The van der Waals surface area contributed by atoms with Crippen molar-refractivity contribution in [1.82, 2.24) is 4.98 Å². The van der Waals surface area contributed by atoms with Crippen LogP contribution >= 0.6 is 11.3 Å². The molecule has 0 bridgehead atoms. The molecule has 5 heteroatoms. The van der Waals surface area contributed by atoms with E-state index in [-0.39, 0.29) is 5.82 Å². The van der Waals surface area contributed by atoms with Crippen LogP contribution in [0.25, 0.3) is 21.8 Å². The molecule has 2 aromatic carbocycles. The number of benzene rings is 2. The molecule has 0 amide bonds. The molecular weight excluding hydrogens is 313 g/mol. The molecule has 0 fully saturated rings. The number of nitrogens with zero attached hydrogens (tertiary/aromatic N) is 1. The zero-order valence-corrected chi connectivity index (χ0v) is 13.1. The molecule has 3 aromatic rings. The monoisotopic (exact) mass is 327 g/mol. The predicted molar refractivity (Wildman–Crippen MR) is 88.6 cm³/mol. The summed E-state index contributed by atoms with van der Waals surface area (Å²) in [6.45, 7) is 1.34. The van der Waals surface area contributed by atoms with Crippen molar-refractivity contribution in [2.75, 3.05) is 13.2 Å². The Labute approximate surface area is 137 Å². The molecule has 0 atom stereocenters. The second-order valence-electron chi connectivity index (χ2n) is 5.26. The molecular formula is C18H14FNO2S. The second-order valence-corrected chi connectivity index (χ2v) is 6.11. The lowest BCUT2D eigenvalue weighted by molar-refractivity contribution is 0.297. The second kappa shape index (κ2) is 6.01. The summed E-state index contributed by atoms with van der Waals surface area (Å²) >= 11 is 1.54. The molecule has 1 aromatic heterocycles. The van der Waals surface area contributed by atoms with Gasteiger partial charge in [0.1, 0.15) is 10.8 Å². The third kappa shape index (κ3) is 2.92. The van der Waals surface area contributed by atoms with Gasteiger partial charge >= 0.3 is 0 Å². The molecule has 116 valence electrons. The number of aromatic nitrogens is 1. The lowest BCUT2D eigenvalue weighted by Gasteiger charge is -2.08. The SMILES string of the molecule is Fc1ccc(-c2nc(-c3ccc4c(c3)OCCCO4)cs2)cc1. The smallest absolute Gasteiger partial charge is 0.161 e. The van der Waals surface area contributed by atoms with E-state index in [0.717, 1.165) is 39.7 Å². The molecule has 0 saturated carbocycles. The van der Waals surface area contributed by atoms with Crippen LogP contribution in [0.3, 0.4) is 0 Å². The van der Waals surface area contributed by atoms with Gasteiger partial charge < -0.3 is 9.47 Å². The standard InChI is InChI=1S/C18H14FNO2S/c19-14-5-2-12(3-6-14)18-20-15(11-23-18)13-4-7-16-17(10-13)22-9-1-8-21-16/h2-7,10-11H,1,8-9H2. The van der Waals surface area contributed by atoms with Gasteiger partial charge in [0.2, 0.25) is 0 Å². The molecule has 1 aliphatic rings. The molecule has 0 N–H and O–H groups in total. The maximum atomic E-state index is 13.0. The Kier molecular flexibility index (Phi) is 3.71. The average Bonchev–Trinajstić information content (AvgIpc) is 2.94. The Morgan fingerprint density at radius 2 is 1.65 bits per heavy atom. The minimum atomic E-state index is -0.242. The van der Waals surface area contributed by atoms with E-state index >= 15 is 0 Å². The lowest BCUT2D eigenvalue weighted by Crippen LogP contribution is -1.97. The normalized spacial score (nSPS) is 13.6. The van der Waals surface area contributed by atoms with E-state index in [2.05, 4.69) is 4.98 Å². The molecule has 0 spiro atoms. The molecule has 4 rings (SSSR count). The van der Waals surface area contributed by atoms with Gasteiger partial charge in [0.15, 0.2) is 11.5 Å². The fraction of sp³-hybridized carbons (Fsp3) is 0.167. The Hall–Kier alpha value is -2.40. The first-order chi connectivity index (χ1) is 11.3. The number of fused-ring (bicyclic) bond motifs is 1. The van der Waals surface area contributed by atoms with E-state index in [1.807, 2.05) is 23.6 Å². The quantitative estimate of drug-likeness (QED) is 0.679. The highest BCUT2D eigenvalue weighted by Gasteiger charge is 2.13. The van der Waals surface area contributed by atoms with Crippen molar-refractivity contribution < 1.29 is 13.9 Å². The Bertz CT molecular complexity index is 829. The van der Waals surface area contributed by atoms with Crippen LogP contribution in [0.4, 0.5) is 4.39 Å². The molecule has 23 heavy (non-hydrogen) atoms. The van der Waals surface area contributed by atoms with E-state index in [0.29, 0.717) is 13.2 Å². The van der Waals surface area contributed by atoms with Gasteiger partial charge in [0, 0.05) is 22.9 Å². The summed E-state index contributed by atoms with van der Waals surface area (Å²) in [5, 5.41) is 2.87. The maximum Gasteiger partial charge on any atom is 0.161 e. The third-order valence-corrected chi connectivity index (χ3v) is 4.53. The van der Waals surface area contributed by atoms with Crippen molar-refractivity contribution in [3.63, 3.8) is 0 Å². The molecule has 0 saturated heterocycles. The molecule has 3 nitrogen and oxygen atoms in total. The summed E-state index contributed by atoms with van der Waals surface area (Å²) in [6.07, 6.45) is 0.884. The van der Waals surface area contributed by atoms with Gasteiger partial charge in [-0.25, -0.2) is 9.37 Å². The van der Waals surface area contributed by atoms with Crippen LogP contribution < -0.4 is 9.47 Å². The highest BCUT2D eigenvalue weighted by molar-refractivity contribution is 7.13. The van der Waals surface area contributed by atoms with E-state index in [1.54, 1.807) is 12.1 Å². The van der Waals surface area contributed by atoms with Crippen LogP contribution in [0.5, 0.6) is 11.5 Å². The summed E-state index contributed by atoms with van der Waals surface area (Å²) in [4.78, 5) is 4.65. The number of halogens is 1. The highest BCUT2D eigenvalue weighted by Crippen LogP contribution is 2.35. The van der Waals surface area contributed by atoms with Gasteiger partial charge in [-0.3, -0.25) is 0 Å². The highest BCUT2D eigenvalue weighted by atomic mass is 32.1. The summed E-state index contributed by atoms with van der Waals surface area (Å²) in [7, 11) is 0. The van der Waals surface area contributed by atoms with Gasteiger partial charge in [-0.1, -0.05) is 0 Å². The summed E-state index contributed by atoms with van der Waals surface area (Å²) in [5.74, 6) is 1.30. The largest absolute Gasteiger partial charge is 0.490 e. The van der Waals surface area contributed by atoms with Gasteiger partial charge in [-0.15, -0.1) is 11.3 Å². The fourth-order valence-corrected chi connectivity index (χ4v) is 3.29. The van der Waals surface area contributed by atoms with Gasteiger partial charge in [0.05, 0.1) is 18.9 Å². The fourth-order valence-electron chi connectivity index (χ4n) is 2.45. The van der Waals surface area contributed by atoms with Gasteiger partial charge in [-0.05, 0) is 42.5 Å². The number of hydrogen-bond donors (Lipinski definition) is 0. The van der Waals surface area contributed by atoms with Crippen molar-refractivity contribution in [2.24, 2.45) is 0 Å². The number of thiazole rings is 1. The van der Waals surface area contributed by atoms with Crippen molar-refractivity contribution >= 4 is 11.3 Å². The minimum absolute atomic E-state index is 0.242. The molecule has 0 radical (unpaired) electrons. The van der Waals surface area contributed by atoms with E-state index in [4.69, 9.17) is 9.47 Å². The molecule has 2 heterocycles. The van der Waals surface area contributed by atoms with E-state index in [9.17, 15) is 4.39 Å². The van der Waals surface area contributed by atoms with Crippen LogP contribution in [0.1, 0.15) is 6.42 Å². The topological polar surface area (TPSA) is 31.4 Å². The summed E-state index contributed by atoms with van der Waals surface area (Å²) < 4.78 is 24.4. The third-order valence-electron chi connectivity index (χ3n) is 3.64. The van der Waals surface area contributed by atoms with Crippen LogP contribution in [-0.4, -0.2) is 18.2 Å². The van der Waals surface area contributed by atoms with Crippen LogP contribution in [-0.2, 0) is 0 Å². The molecule has 0 unspecified atom stereocenters. The number of rotatable bonds is 2. The number of hydrogen-bond acceptors (Lipinski definition) is 4. The Balaban J connectivity index is 1.66. The maximum absolute atomic E-state index is 13.0. The van der Waals surface area contributed by atoms with Crippen molar-refractivity contribution in [2.45, 2.75) is 6.42 Å². The molecule has 0 aliphatic carbocycles. The van der Waals surface area contributed by atoms with Crippen LogP contribution in [0, 0.1) is 5.82 Å². The van der Waals surface area contributed by atoms with Crippen molar-refractivity contribution in [3.05, 3.63) is 53.7 Å². The zero-order valence-electron chi connectivity index (χ0n) is 12.3. The first-order valence-electron chi connectivity index (χ1n) is 7.41. The Morgan fingerprint density at radius 1 is 0.913 bits per heavy atom. The first kappa shape index (κ1) is 14.2. The van der Waals surface area contributed by atoms with Crippen molar-refractivity contribution in [3.8, 4) is 33.3 Å². The first-order valence-corrected chi connectivity index (χ1v) is 8.29.